The predicted molar refractivity (Wildman–Crippen MR) is 83.2 cm³/mol. The number of alkyl halides is 1. The first kappa shape index (κ1) is 15.0. The van der Waals surface area contributed by atoms with Crippen LogP contribution in [0.2, 0.25) is 0 Å². The van der Waals surface area contributed by atoms with Gasteiger partial charge in [0.05, 0.1) is 6.20 Å². The average molecular weight is 331 g/mol. The largest absolute Gasteiger partial charge is 0.476 e. The molecule has 1 aromatic heterocycles. The van der Waals surface area contributed by atoms with Crippen molar-refractivity contribution in [2.24, 2.45) is 0 Å². The van der Waals surface area contributed by atoms with Gasteiger partial charge in [-0.3, -0.25) is 0 Å². The molecule has 1 aromatic carbocycles. The summed E-state index contributed by atoms with van der Waals surface area (Å²) in [5.74, 6) is -1.03. The Balaban J connectivity index is 1.79. The molecule has 0 unspecified atom stereocenters. The molecule has 1 aliphatic carbocycles. The summed E-state index contributed by atoms with van der Waals surface area (Å²) in [6.45, 7) is 0.724. The van der Waals surface area contributed by atoms with Gasteiger partial charge >= 0.3 is 5.97 Å². The van der Waals surface area contributed by atoms with Crippen LogP contribution in [-0.2, 0) is 0 Å². The van der Waals surface area contributed by atoms with Crippen molar-refractivity contribution in [1.29, 1.82) is 0 Å². The maximum Gasteiger partial charge on any atom is 0.356 e. The third-order valence-electron chi connectivity index (χ3n) is 4.92. The van der Waals surface area contributed by atoms with E-state index in [4.69, 9.17) is 0 Å². The van der Waals surface area contributed by atoms with Crippen LogP contribution in [0.5, 0.6) is 0 Å². The van der Waals surface area contributed by atoms with Crippen molar-refractivity contribution >= 4 is 11.8 Å². The Morgan fingerprint density at radius 3 is 2.54 bits per heavy atom. The second-order valence-corrected chi connectivity index (χ2v) is 6.37. The van der Waals surface area contributed by atoms with Gasteiger partial charge in [-0.05, 0) is 30.7 Å². The van der Waals surface area contributed by atoms with Crippen molar-refractivity contribution in [2.45, 2.75) is 31.0 Å². The number of halogens is 2. The van der Waals surface area contributed by atoms with Gasteiger partial charge in [-0.15, -0.1) is 0 Å². The van der Waals surface area contributed by atoms with Gasteiger partial charge in [0.15, 0.2) is 11.5 Å². The molecule has 1 saturated carbocycles. The van der Waals surface area contributed by atoms with Gasteiger partial charge in [0.25, 0.3) is 0 Å². The van der Waals surface area contributed by atoms with Crippen LogP contribution >= 0.6 is 0 Å². The van der Waals surface area contributed by atoms with Crippen LogP contribution in [0.15, 0.2) is 30.5 Å². The number of aromatic nitrogens is 2. The second-order valence-electron chi connectivity index (χ2n) is 6.37. The maximum absolute atomic E-state index is 13.4. The third kappa shape index (κ3) is 2.23. The number of carboxylic acid groups (broad SMARTS) is 1. The number of rotatable bonds is 3. The van der Waals surface area contributed by atoms with Gasteiger partial charge in [0.1, 0.15) is 17.7 Å². The SMILES string of the molecule is O=C(O)c1cnc(N2CCC23CC(F)C3)c(-c2ccc(F)cc2)n1. The zero-order valence-electron chi connectivity index (χ0n) is 12.7. The monoisotopic (exact) mass is 331 g/mol. The maximum atomic E-state index is 13.4. The Labute approximate surface area is 137 Å². The molecule has 1 spiro atoms. The lowest BCUT2D eigenvalue weighted by molar-refractivity contribution is 0.0484. The molecule has 1 saturated heterocycles. The van der Waals surface area contributed by atoms with Crippen molar-refractivity contribution in [2.75, 3.05) is 11.4 Å². The third-order valence-corrected chi connectivity index (χ3v) is 4.92. The molecule has 0 amide bonds. The van der Waals surface area contributed by atoms with E-state index >= 15 is 0 Å². The van der Waals surface area contributed by atoms with Crippen LogP contribution in [0.3, 0.4) is 0 Å². The molecule has 0 radical (unpaired) electrons. The summed E-state index contributed by atoms with van der Waals surface area (Å²) in [5.41, 5.74) is 0.564. The lowest BCUT2D eigenvalue weighted by Gasteiger charge is -2.60. The lowest BCUT2D eigenvalue weighted by Crippen LogP contribution is -2.68. The molecule has 1 aliphatic heterocycles. The molecule has 2 fully saturated rings. The van der Waals surface area contributed by atoms with Gasteiger partial charge in [-0.1, -0.05) is 0 Å². The highest BCUT2D eigenvalue weighted by molar-refractivity contribution is 5.87. The van der Waals surface area contributed by atoms with Crippen molar-refractivity contribution in [3.05, 3.63) is 42.0 Å². The molecular formula is C17H15F2N3O2. The fourth-order valence-electron chi connectivity index (χ4n) is 3.54. The quantitative estimate of drug-likeness (QED) is 0.936. The van der Waals surface area contributed by atoms with Crippen LogP contribution in [0.1, 0.15) is 29.8 Å². The summed E-state index contributed by atoms with van der Waals surface area (Å²) in [5, 5.41) is 9.17. The number of carboxylic acids is 1. The second kappa shape index (κ2) is 5.22. The fourth-order valence-corrected chi connectivity index (χ4v) is 3.54. The predicted octanol–water partition coefficient (Wildman–Crippen LogP) is 3.06. The average Bonchev–Trinajstić information content (AvgIpc) is 2.51. The van der Waals surface area contributed by atoms with Crippen LogP contribution in [0, 0.1) is 5.82 Å². The minimum atomic E-state index is -1.18. The first-order chi connectivity index (χ1) is 11.5. The van der Waals surface area contributed by atoms with E-state index in [1.807, 2.05) is 4.90 Å². The Bertz CT molecular complexity index is 804. The number of carbonyl (C=O) groups is 1. The van der Waals surface area contributed by atoms with Crippen LogP contribution < -0.4 is 4.90 Å². The van der Waals surface area contributed by atoms with E-state index < -0.39 is 12.1 Å². The summed E-state index contributed by atoms with van der Waals surface area (Å²) in [6.07, 6.45) is 2.21. The first-order valence-electron chi connectivity index (χ1n) is 7.76. The number of anilines is 1. The summed E-state index contributed by atoms with van der Waals surface area (Å²) in [4.78, 5) is 21.7. The van der Waals surface area contributed by atoms with Crippen LogP contribution in [-0.4, -0.2) is 39.3 Å². The molecule has 2 heterocycles. The molecule has 7 heteroatoms. The number of nitrogens with zero attached hydrogens (tertiary/aromatic N) is 3. The van der Waals surface area contributed by atoms with Crippen molar-refractivity contribution in [3.8, 4) is 11.3 Å². The Hall–Kier alpha value is -2.57. The molecule has 24 heavy (non-hydrogen) atoms. The summed E-state index contributed by atoms with van der Waals surface area (Å²) in [7, 11) is 0. The number of hydrogen-bond acceptors (Lipinski definition) is 4. The Morgan fingerprint density at radius 2 is 2.00 bits per heavy atom. The van der Waals surface area contributed by atoms with Gasteiger partial charge < -0.3 is 10.0 Å². The van der Waals surface area contributed by atoms with Gasteiger partial charge in [0.2, 0.25) is 0 Å². The van der Waals surface area contributed by atoms with Gasteiger partial charge in [0, 0.05) is 30.5 Å². The highest BCUT2D eigenvalue weighted by Crippen LogP contribution is 2.51. The molecule has 124 valence electrons. The van der Waals surface area contributed by atoms with E-state index in [0.29, 0.717) is 29.9 Å². The highest BCUT2D eigenvalue weighted by Gasteiger charge is 2.55. The summed E-state index contributed by atoms with van der Waals surface area (Å²) < 4.78 is 26.6. The zero-order valence-corrected chi connectivity index (χ0v) is 12.7. The van der Waals surface area contributed by atoms with Crippen LogP contribution in [0.25, 0.3) is 11.3 Å². The molecule has 0 bridgehead atoms. The molecule has 1 N–H and O–H groups in total. The lowest BCUT2D eigenvalue weighted by atomic mass is 9.66. The first-order valence-corrected chi connectivity index (χ1v) is 7.76. The zero-order chi connectivity index (χ0) is 16.9. The number of hydrogen-bond donors (Lipinski definition) is 1. The standard InChI is InChI=1S/C17H15F2N3O2/c18-11-3-1-10(2-4-11)14-15(20-9-13(21-14)16(23)24)22-6-5-17(22)7-12(19)8-17/h1-4,9,12H,5-8H2,(H,23,24). The highest BCUT2D eigenvalue weighted by atomic mass is 19.1. The van der Waals surface area contributed by atoms with E-state index in [-0.39, 0.29) is 17.1 Å². The fraction of sp³-hybridized carbons (Fsp3) is 0.353. The van der Waals surface area contributed by atoms with E-state index in [1.165, 1.54) is 18.3 Å². The summed E-state index contributed by atoms with van der Waals surface area (Å²) >= 11 is 0. The Kier molecular flexibility index (Phi) is 3.26. The summed E-state index contributed by atoms with van der Waals surface area (Å²) in [6, 6.07) is 5.67. The molecule has 2 aromatic rings. The topological polar surface area (TPSA) is 66.3 Å². The normalized spacial score (nSPS) is 25.2. The van der Waals surface area contributed by atoms with Crippen molar-refractivity contribution < 1.29 is 18.7 Å². The van der Waals surface area contributed by atoms with E-state index in [2.05, 4.69) is 9.97 Å². The van der Waals surface area contributed by atoms with E-state index in [1.54, 1.807) is 12.1 Å². The molecular weight excluding hydrogens is 316 g/mol. The van der Waals surface area contributed by atoms with Gasteiger partial charge in [-0.2, -0.15) is 0 Å². The molecule has 2 aliphatic rings. The minimum absolute atomic E-state index is 0.176. The van der Waals surface area contributed by atoms with Crippen molar-refractivity contribution in [3.63, 3.8) is 0 Å². The van der Waals surface area contributed by atoms with Gasteiger partial charge in [-0.25, -0.2) is 23.5 Å². The molecule has 0 atom stereocenters. The smallest absolute Gasteiger partial charge is 0.356 e. The number of aromatic carboxylic acids is 1. The van der Waals surface area contributed by atoms with Crippen molar-refractivity contribution in [1.82, 2.24) is 9.97 Å². The van der Waals surface area contributed by atoms with E-state index in [0.717, 1.165) is 13.0 Å². The Morgan fingerprint density at radius 1 is 1.29 bits per heavy atom. The minimum Gasteiger partial charge on any atom is -0.476 e. The van der Waals surface area contributed by atoms with E-state index in [9.17, 15) is 18.7 Å². The van der Waals surface area contributed by atoms with Crippen LogP contribution in [0.4, 0.5) is 14.6 Å². The molecule has 5 nitrogen and oxygen atoms in total. The number of benzene rings is 1. The molecule has 4 rings (SSSR count).